The van der Waals surface area contributed by atoms with Crippen LogP contribution in [0, 0.1) is 6.57 Å². The molecule has 0 saturated heterocycles. The molecule has 0 N–H and O–H groups in total. The molecule has 1 aromatic carbocycles. The molecule has 0 atom stereocenters. The molecule has 0 saturated carbocycles. The third-order valence-corrected chi connectivity index (χ3v) is 2.57. The van der Waals surface area contributed by atoms with E-state index in [-0.39, 0.29) is 0 Å². The number of benzene rings is 1. The lowest BCUT2D eigenvalue weighted by Gasteiger charge is -1.94. The fourth-order valence-corrected chi connectivity index (χ4v) is 1.66. The Kier molecular flexibility index (Phi) is 2.75. The monoisotopic (exact) mass is 248 g/mol. The summed E-state index contributed by atoms with van der Waals surface area (Å²) in [4.78, 5) is 11.7. The van der Waals surface area contributed by atoms with Crippen LogP contribution < -0.4 is 0 Å². The first-order chi connectivity index (χ1) is 9.36. The normalized spacial score (nSPS) is 10.1. The van der Waals surface area contributed by atoms with Crippen LogP contribution in [0.5, 0.6) is 0 Å². The van der Waals surface area contributed by atoms with Crippen molar-refractivity contribution in [2.75, 3.05) is 0 Å². The number of hydrogen-bond acceptors (Lipinski definition) is 4. The zero-order valence-corrected chi connectivity index (χ0v) is 9.82. The van der Waals surface area contributed by atoms with Gasteiger partial charge < -0.3 is 4.52 Å². The molecule has 5 nitrogen and oxygen atoms in total. The summed E-state index contributed by atoms with van der Waals surface area (Å²) < 4.78 is 5.20. The van der Waals surface area contributed by atoms with Crippen LogP contribution in [0.3, 0.4) is 0 Å². The van der Waals surface area contributed by atoms with E-state index >= 15 is 0 Å². The number of rotatable bonds is 2. The van der Waals surface area contributed by atoms with E-state index in [0.29, 0.717) is 17.4 Å². The molecule has 0 bridgehead atoms. The second-order valence-corrected chi connectivity index (χ2v) is 3.83. The van der Waals surface area contributed by atoms with Crippen molar-refractivity contribution >= 4 is 5.69 Å². The van der Waals surface area contributed by atoms with Gasteiger partial charge in [0.1, 0.15) is 0 Å². The minimum atomic E-state index is 0.413. The number of pyridine rings is 1. The highest BCUT2D eigenvalue weighted by atomic mass is 16.5. The van der Waals surface area contributed by atoms with Crippen molar-refractivity contribution in [3.63, 3.8) is 0 Å². The van der Waals surface area contributed by atoms with Crippen molar-refractivity contribution in [1.82, 2.24) is 15.1 Å². The first kappa shape index (κ1) is 11.1. The number of aromatic nitrogens is 3. The van der Waals surface area contributed by atoms with E-state index in [1.807, 2.05) is 12.1 Å². The smallest absolute Gasteiger partial charge is 0.259 e. The highest BCUT2D eigenvalue weighted by Crippen LogP contribution is 2.24. The lowest BCUT2D eigenvalue weighted by Crippen LogP contribution is -1.81. The molecule has 90 valence electrons. The van der Waals surface area contributed by atoms with Crippen LogP contribution in [0.4, 0.5) is 5.69 Å². The van der Waals surface area contributed by atoms with E-state index in [1.54, 1.807) is 36.7 Å². The maximum atomic E-state index is 7.00. The Morgan fingerprint density at radius 3 is 2.79 bits per heavy atom. The largest absolute Gasteiger partial charge is 0.334 e. The third kappa shape index (κ3) is 2.19. The van der Waals surface area contributed by atoms with Crippen molar-refractivity contribution in [3.05, 3.63) is 60.2 Å². The zero-order valence-electron chi connectivity index (χ0n) is 9.82. The Hall–Kier alpha value is -3.00. The minimum Gasteiger partial charge on any atom is -0.334 e. The van der Waals surface area contributed by atoms with Gasteiger partial charge in [0, 0.05) is 18.0 Å². The molecular weight excluding hydrogens is 240 g/mol. The van der Waals surface area contributed by atoms with Gasteiger partial charge in [-0.1, -0.05) is 23.4 Å². The van der Waals surface area contributed by atoms with E-state index in [9.17, 15) is 0 Å². The van der Waals surface area contributed by atoms with Crippen molar-refractivity contribution in [3.8, 4) is 22.8 Å². The Bertz CT molecular complexity index is 743. The molecule has 3 rings (SSSR count). The van der Waals surface area contributed by atoms with E-state index in [2.05, 4.69) is 20.0 Å². The van der Waals surface area contributed by atoms with Crippen molar-refractivity contribution in [1.29, 1.82) is 0 Å². The number of nitrogens with zero attached hydrogens (tertiary/aromatic N) is 4. The third-order valence-electron chi connectivity index (χ3n) is 2.57. The van der Waals surface area contributed by atoms with Crippen LogP contribution in [-0.4, -0.2) is 15.1 Å². The van der Waals surface area contributed by atoms with Crippen LogP contribution in [0.25, 0.3) is 27.7 Å². The summed E-state index contributed by atoms with van der Waals surface area (Å²) in [6.45, 7) is 7.00. The maximum absolute atomic E-state index is 7.00. The van der Waals surface area contributed by atoms with Gasteiger partial charge in [-0.15, -0.1) is 0 Å². The fourth-order valence-electron chi connectivity index (χ4n) is 1.66. The average Bonchev–Trinajstić information content (AvgIpc) is 2.98. The summed E-state index contributed by atoms with van der Waals surface area (Å²) in [6.07, 6.45) is 3.34. The average molecular weight is 248 g/mol. The molecule has 0 radical (unpaired) electrons. The standard InChI is InChI=1S/C14H8N4O/c1-15-12-6-2-4-10(8-12)13-17-14(19-18-13)11-5-3-7-16-9-11/h2-9H. The highest BCUT2D eigenvalue weighted by molar-refractivity contribution is 5.64. The molecule has 19 heavy (non-hydrogen) atoms. The van der Waals surface area contributed by atoms with E-state index in [0.717, 1.165) is 11.1 Å². The molecular formula is C14H8N4O. The summed E-state index contributed by atoms with van der Waals surface area (Å²) in [5.74, 6) is 0.876. The second kappa shape index (κ2) is 4.70. The van der Waals surface area contributed by atoms with Crippen LogP contribution in [0.1, 0.15) is 0 Å². The summed E-state index contributed by atoms with van der Waals surface area (Å²) in [5.41, 5.74) is 2.07. The van der Waals surface area contributed by atoms with Gasteiger partial charge in [0.15, 0.2) is 5.69 Å². The molecule has 0 aliphatic heterocycles. The molecule has 0 spiro atoms. The van der Waals surface area contributed by atoms with Crippen molar-refractivity contribution in [2.45, 2.75) is 0 Å². The van der Waals surface area contributed by atoms with Crippen molar-refractivity contribution < 1.29 is 4.52 Å². The van der Waals surface area contributed by atoms with Crippen LogP contribution in [0.2, 0.25) is 0 Å². The predicted octanol–water partition coefficient (Wildman–Crippen LogP) is 3.35. The molecule has 0 aliphatic rings. The van der Waals surface area contributed by atoms with Crippen molar-refractivity contribution in [2.24, 2.45) is 0 Å². The molecule has 2 aromatic heterocycles. The van der Waals surface area contributed by atoms with Gasteiger partial charge in [0.05, 0.1) is 12.1 Å². The molecule has 0 amide bonds. The number of hydrogen-bond donors (Lipinski definition) is 0. The first-order valence-electron chi connectivity index (χ1n) is 5.59. The Morgan fingerprint density at radius 2 is 2.00 bits per heavy atom. The highest BCUT2D eigenvalue weighted by Gasteiger charge is 2.10. The summed E-state index contributed by atoms with van der Waals surface area (Å²) in [5, 5.41) is 3.92. The van der Waals surface area contributed by atoms with Crippen LogP contribution >= 0.6 is 0 Å². The van der Waals surface area contributed by atoms with Crippen LogP contribution in [-0.2, 0) is 0 Å². The van der Waals surface area contributed by atoms with E-state index in [4.69, 9.17) is 11.1 Å². The van der Waals surface area contributed by atoms with Crippen LogP contribution in [0.15, 0.2) is 53.3 Å². The first-order valence-corrected chi connectivity index (χ1v) is 5.59. The molecule has 2 heterocycles. The second-order valence-electron chi connectivity index (χ2n) is 3.83. The topological polar surface area (TPSA) is 56.2 Å². The summed E-state index contributed by atoms with van der Waals surface area (Å²) in [7, 11) is 0. The Labute approximate surface area is 109 Å². The van der Waals surface area contributed by atoms with Gasteiger partial charge in [-0.25, -0.2) is 4.85 Å². The molecule has 5 heteroatoms. The van der Waals surface area contributed by atoms with Gasteiger partial charge in [-0.2, -0.15) is 4.98 Å². The molecule has 0 aliphatic carbocycles. The zero-order chi connectivity index (χ0) is 13.1. The summed E-state index contributed by atoms with van der Waals surface area (Å²) >= 11 is 0. The molecule has 0 fully saturated rings. The minimum absolute atomic E-state index is 0.413. The molecule has 0 unspecified atom stereocenters. The summed E-state index contributed by atoms with van der Waals surface area (Å²) in [6, 6.07) is 10.7. The van der Waals surface area contributed by atoms with Gasteiger partial charge in [-0.3, -0.25) is 4.98 Å². The Morgan fingerprint density at radius 1 is 1.11 bits per heavy atom. The SMILES string of the molecule is [C-]#[N+]c1cccc(-c2noc(-c3cccnc3)n2)c1. The lowest BCUT2D eigenvalue weighted by atomic mass is 10.2. The molecule has 3 aromatic rings. The fraction of sp³-hybridized carbons (Fsp3) is 0. The lowest BCUT2D eigenvalue weighted by molar-refractivity contribution is 0.432. The van der Waals surface area contributed by atoms with Gasteiger partial charge in [-0.05, 0) is 18.2 Å². The van der Waals surface area contributed by atoms with Gasteiger partial charge >= 0.3 is 0 Å². The van der Waals surface area contributed by atoms with Gasteiger partial charge in [0.25, 0.3) is 5.89 Å². The quantitative estimate of drug-likeness (QED) is 0.652. The van der Waals surface area contributed by atoms with E-state index in [1.165, 1.54) is 0 Å². The predicted molar refractivity (Wildman–Crippen MR) is 69.2 cm³/mol. The van der Waals surface area contributed by atoms with Gasteiger partial charge in [0.2, 0.25) is 5.82 Å². The van der Waals surface area contributed by atoms with E-state index < -0.39 is 0 Å². The maximum Gasteiger partial charge on any atom is 0.259 e. The Balaban J connectivity index is 2.00.